The number of aliphatic carboxylic acids is 1. The lowest BCUT2D eigenvalue weighted by atomic mass is 9.78. The second-order valence-electron chi connectivity index (χ2n) is 11.1. The standard InChI is InChI=1S/C23H34N2O5/c1-22(2,3)30-21(29)24-18(23(4,5)14-8-9-14)19(26)25-11-15-12-6-7-13(10-12)16(15)17(25)20(27)28/h6-7,12-18H,8-11H2,1-5H3,(H,24,29)(H,27,28)/t12-,13+,15-,16+,17+,18-/m1/s1. The largest absolute Gasteiger partial charge is 0.480 e. The zero-order valence-corrected chi connectivity index (χ0v) is 18.6. The molecule has 2 N–H and O–H groups in total. The molecule has 4 aliphatic rings. The number of rotatable bonds is 5. The predicted octanol–water partition coefficient (Wildman–Crippen LogP) is 3.05. The fourth-order valence-electron chi connectivity index (χ4n) is 5.98. The molecule has 0 aromatic heterocycles. The highest BCUT2D eigenvalue weighted by Gasteiger charge is 2.60. The van der Waals surface area contributed by atoms with Gasteiger partial charge in [-0.15, -0.1) is 0 Å². The molecular formula is C23H34N2O5. The molecule has 1 heterocycles. The Morgan fingerprint density at radius 1 is 1.10 bits per heavy atom. The first-order chi connectivity index (χ1) is 13.9. The minimum absolute atomic E-state index is 0.0346. The Balaban J connectivity index is 1.59. The summed E-state index contributed by atoms with van der Waals surface area (Å²) >= 11 is 0. The molecule has 3 fully saturated rings. The summed E-state index contributed by atoms with van der Waals surface area (Å²) < 4.78 is 5.42. The highest BCUT2D eigenvalue weighted by atomic mass is 16.6. The van der Waals surface area contributed by atoms with Crippen molar-refractivity contribution in [3.8, 4) is 0 Å². The molecule has 0 unspecified atom stereocenters. The van der Waals surface area contributed by atoms with Crippen molar-refractivity contribution >= 4 is 18.0 Å². The fourth-order valence-corrected chi connectivity index (χ4v) is 5.98. The topological polar surface area (TPSA) is 95.9 Å². The lowest BCUT2D eigenvalue weighted by Gasteiger charge is -2.38. The van der Waals surface area contributed by atoms with E-state index in [-0.39, 0.29) is 23.7 Å². The first kappa shape index (κ1) is 21.2. The summed E-state index contributed by atoms with van der Waals surface area (Å²) in [4.78, 5) is 40.1. The van der Waals surface area contributed by atoms with E-state index in [9.17, 15) is 19.5 Å². The average Bonchev–Trinajstić information content (AvgIpc) is 3.11. The number of alkyl carbamates (subject to hydrolysis) is 1. The summed E-state index contributed by atoms with van der Waals surface area (Å²) in [5, 5.41) is 12.8. The van der Waals surface area contributed by atoms with Gasteiger partial charge in [-0.25, -0.2) is 9.59 Å². The van der Waals surface area contributed by atoms with Gasteiger partial charge in [0.2, 0.25) is 5.91 Å². The summed E-state index contributed by atoms with van der Waals surface area (Å²) in [5.41, 5.74) is -1.16. The van der Waals surface area contributed by atoms with Crippen LogP contribution < -0.4 is 5.32 Å². The molecule has 0 aromatic carbocycles. The number of carbonyl (C=O) groups excluding carboxylic acids is 2. The highest BCUT2D eigenvalue weighted by molar-refractivity contribution is 5.91. The van der Waals surface area contributed by atoms with Crippen LogP contribution in [0.5, 0.6) is 0 Å². The van der Waals surface area contributed by atoms with Crippen LogP contribution in [0.1, 0.15) is 53.9 Å². The molecule has 0 radical (unpaired) electrons. The molecule has 0 aromatic rings. The van der Waals surface area contributed by atoms with Gasteiger partial charge in [0, 0.05) is 12.5 Å². The summed E-state index contributed by atoms with van der Waals surface area (Å²) in [6, 6.07) is -1.65. The summed E-state index contributed by atoms with van der Waals surface area (Å²) in [5.74, 6) is -0.175. The number of amides is 2. The second kappa shape index (κ2) is 6.99. The van der Waals surface area contributed by atoms with Gasteiger partial charge in [-0.2, -0.15) is 0 Å². The van der Waals surface area contributed by atoms with Crippen LogP contribution in [-0.2, 0) is 14.3 Å². The van der Waals surface area contributed by atoms with E-state index in [1.807, 2.05) is 13.8 Å². The smallest absolute Gasteiger partial charge is 0.408 e. The molecule has 4 rings (SSSR count). The van der Waals surface area contributed by atoms with Crippen molar-refractivity contribution in [2.45, 2.75) is 71.6 Å². The van der Waals surface area contributed by atoms with Gasteiger partial charge in [0.25, 0.3) is 0 Å². The number of nitrogens with zero attached hydrogens (tertiary/aromatic N) is 1. The van der Waals surface area contributed by atoms with E-state index in [0.717, 1.165) is 19.3 Å². The SMILES string of the molecule is CC(C)(C)OC(=O)N[C@H](C(=O)N1C[C@H]2[C@@H]([C@H]1C(=O)O)[C@H]1C=C[C@@H]2C1)C(C)(C)C1CC1. The first-order valence-corrected chi connectivity index (χ1v) is 11.1. The van der Waals surface area contributed by atoms with Crippen molar-refractivity contribution in [2.75, 3.05) is 6.54 Å². The van der Waals surface area contributed by atoms with E-state index in [1.54, 1.807) is 20.8 Å². The average molecular weight is 419 g/mol. The molecule has 1 aliphatic heterocycles. The van der Waals surface area contributed by atoms with Crippen LogP contribution in [0.2, 0.25) is 0 Å². The minimum atomic E-state index is -0.947. The molecule has 7 nitrogen and oxygen atoms in total. The van der Waals surface area contributed by atoms with Gasteiger partial charge in [-0.05, 0) is 69.1 Å². The van der Waals surface area contributed by atoms with Crippen molar-refractivity contribution in [1.29, 1.82) is 0 Å². The van der Waals surface area contributed by atoms with Gasteiger partial charge >= 0.3 is 12.1 Å². The molecule has 2 amide bonds. The van der Waals surface area contributed by atoms with E-state index in [4.69, 9.17) is 4.74 Å². The monoisotopic (exact) mass is 418 g/mol. The lowest BCUT2D eigenvalue weighted by molar-refractivity contribution is -0.152. The van der Waals surface area contributed by atoms with Crippen LogP contribution in [0.3, 0.4) is 0 Å². The van der Waals surface area contributed by atoms with Crippen LogP contribution in [0.15, 0.2) is 12.2 Å². The quantitative estimate of drug-likeness (QED) is 0.669. The molecular weight excluding hydrogens is 384 g/mol. The molecule has 2 saturated carbocycles. The number of ether oxygens (including phenoxy) is 1. The zero-order valence-electron chi connectivity index (χ0n) is 18.6. The molecule has 2 bridgehead atoms. The van der Waals surface area contributed by atoms with Gasteiger partial charge in [0.1, 0.15) is 17.7 Å². The molecule has 0 spiro atoms. The molecule has 3 aliphatic carbocycles. The summed E-state index contributed by atoms with van der Waals surface area (Å²) in [7, 11) is 0. The van der Waals surface area contributed by atoms with Crippen molar-refractivity contribution in [3.05, 3.63) is 12.2 Å². The van der Waals surface area contributed by atoms with E-state index in [0.29, 0.717) is 18.4 Å². The lowest BCUT2D eigenvalue weighted by Crippen LogP contribution is -2.59. The van der Waals surface area contributed by atoms with E-state index in [2.05, 4.69) is 17.5 Å². The minimum Gasteiger partial charge on any atom is -0.480 e. The van der Waals surface area contributed by atoms with Gasteiger partial charge in [0.05, 0.1) is 0 Å². The van der Waals surface area contributed by atoms with Crippen LogP contribution >= 0.6 is 0 Å². The molecule has 166 valence electrons. The number of likely N-dealkylation sites (tertiary alicyclic amines) is 1. The number of hydrogen-bond donors (Lipinski definition) is 2. The van der Waals surface area contributed by atoms with Crippen molar-refractivity contribution in [1.82, 2.24) is 10.2 Å². The van der Waals surface area contributed by atoms with Gasteiger partial charge < -0.3 is 20.1 Å². The van der Waals surface area contributed by atoms with Gasteiger partial charge in [0.15, 0.2) is 0 Å². The third-order valence-corrected chi connectivity index (χ3v) is 7.61. The van der Waals surface area contributed by atoms with Crippen LogP contribution in [0.4, 0.5) is 4.79 Å². The van der Waals surface area contributed by atoms with E-state index in [1.165, 1.54) is 4.90 Å². The Hall–Kier alpha value is -2.05. The fraction of sp³-hybridized carbons (Fsp3) is 0.783. The Morgan fingerprint density at radius 3 is 2.30 bits per heavy atom. The Kier molecular flexibility index (Phi) is 4.94. The zero-order chi connectivity index (χ0) is 22.0. The first-order valence-electron chi connectivity index (χ1n) is 11.1. The number of nitrogens with one attached hydrogen (secondary N) is 1. The normalized spacial score (nSPS) is 33.4. The number of carboxylic acid groups (broad SMARTS) is 1. The highest BCUT2D eigenvalue weighted by Crippen LogP contribution is 2.55. The summed E-state index contributed by atoms with van der Waals surface area (Å²) in [6.07, 6.45) is 6.68. The number of allylic oxidation sites excluding steroid dienone is 2. The van der Waals surface area contributed by atoms with Crippen LogP contribution in [-0.4, -0.2) is 52.2 Å². The van der Waals surface area contributed by atoms with Crippen molar-refractivity contribution < 1.29 is 24.2 Å². The maximum atomic E-state index is 13.8. The molecule has 1 saturated heterocycles. The molecule has 6 atom stereocenters. The number of fused-ring (bicyclic) bond motifs is 5. The van der Waals surface area contributed by atoms with Gasteiger partial charge in [-0.1, -0.05) is 26.0 Å². The Bertz CT molecular complexity index is 779. The van der Waals surface area contributed by atoms with Crippen LogP contribution in [0.25, 0.3) is 0 Å². The molecule has 30 heavy (non-hydrogen) atoms. The van der Waals surface area contributed by atoms with Crippen molar-refractivity contribution in [2.24, 2.45) is 35.0 Å². The third kappa shape index (κ3) is 3.60. The van der Waals surface area contributed by atoms with Gasteiger partial charge in [-0.3, -0.25) is 4.79 Å². The van der Waals surface area contributed by atoms with E-state index >= 15 is 0 Å². The second-order valence-corrected chi connectivity index (χ2v) is 11.1. The maximum absolute atomic E-state index is 13.8. The Labute approximate surface area is 178 Å². The molecule has 7 heteroatoms. The van der Waals surface area contributed by atoms with Crippen molar-refractivity contribution in [3.63, 3.8) is 0 Å². The summed E-state index contributed by atoms with van der Waals surface area (Å²) in [6.45, 7) is 9.76. The number of carboxylic acids is 1. The third-order valence-electron chi connectivity index (χ3n) is 7.61. The van der Waals surface area contributed by atoms with E-state index < -0.39 is 35.2 Å². The number of carbonyl (C=O) groups is 3. The Morgan fingerprint density at radius 2 is 1.73 bits per heavy atom. The maximum Gasteiger partial charge on any atom is 0.408 e. The number of hydrogen-bond acceptors (Lipinski definition) is 4. The predicted molar refractivity (Wildman–Crippen MR) is 111 cm³/mol. The van der Waals surface area contributed by atoms with Crippen LogP contribution in [0, 0.1) is 35.0 Å².